The Morgan fingerprint density at radius 1 is 1.13 bits per heavy atom. The second-order valence-corrected chi connectivity index (χ2v) is 7.76. The molecule has 0 radical (unpaired) electrons. The highest BCUT2D eigenvalue weighted by molar-refractivity contribution is 7.12. The number of hydrogen-bond donors (Lipinski definition) is 1. The summed E-state index contributed by atoms with van der Waals surface area (Å²) in [5.41, 5.74) is -1.91. The number of hydrogen-bond acceptors (Lipinski definition) is 6. The second kappa shape index (κ2) is 9.33. The maximum Gasteiger partial charge on any atom is 0.416 e. The van der Waals surface area contributed by atoms with Crippen LogP contribution >= 0.6 is 11.3 Å². The van der Waals surface area contributed by atoms with Crippen molar-refractivity contribution in [3.63, 3.8) is 0 Å². The Labute approximate surface area is 179 Å². The molecular formula is C19H19F3N4O4S. The molecule has 2 heterocycles. The van der Waals surface area contributed by atoms with Crippen LogP contribution in [0.1, 0.15) is 21.7 Å². The Balaban J connectivity index is 1.51. The lowest BCUT2D eigenvalue weighted by molar-refractivity contribution is -0.384. The van der Waals surface area contributed by atoms with Gasteiger partial charge in [-0.25, -0.2) is 0 Å². The first-order valence-corrected chi connectivity index (χ1v) is 10.2. The van der Waals surface area contributed by atoms with Gasteiger partial charge in [-0.05, 0) is 23.6 Å². The van der Waals surface area contributed by atoms with E-state index in [0.717, 1.165) is 12.1 Å². The minimum absolute atomic E-state index is 0.0110. The van der Waals surface area contributed by atoms with Crippen molar-refractivity contribution in [1.82, 2.24) is 9.80 Å². The number of rotatable bonds is 6. The molecule has 1 aromatic heterocycles. The number of nitrogens with zero attached hydrogens (tertiary/aromatic N) is 3. The monoisotopic (exact) mass is 456 g/mol. The molecule has 2 aromatic rings. The molecule has 12 heteroatoms. The van der Waals surface area contributed by atoms with E-state index < -0.39 is 22.4 Å². The summed E-state index contributed by atoms with van der Waals surface area (Å²) in [4.78, 5) is 38.9. The number of carbonyl (C=O) groups excluding carboxylic acids is 2. The van der Waals surface area contributed by atoms with Crippen molar-refractivity contribution < 1.29 is 27.7 Å². The highest BCUT2D eigenvalue weighted by Gasteiger charge is 2.33. The van der Waals surface area contributed by atoms with Gasteiger partial charge in [-0.2, -0.15) is 13.2 Å². The minimum atomic E-state index is -4.69. The van der Waals surface area contributed by atoms with Crippen LogP contribution in [-0.4, -0.2) is 59.3 Å². The van der Waals surface area contributed by atoms with Gasteiger partial charge >= 0.3 is 6.18 Å². The summed E-state index contributed by atoms with van der Waals surface area (Å²) >= 11 is 1.36. The topological polar surface area (TPSA) is 95.8 Å². The van der Waals surface area contributed by atoms with Crippen molar-refractivity contribution >= 4 is 34.5 Å². The molecule has 1 saturated heterocycles. The quantitative estimate of drug-likeness (QED) is 0.531. The Hall–Kier alpha value is -3.15. The van der Waals surface area contributed by atoms with Crippen molar-refractivity contribution in [2.24, 2.45) is 0 Å². The zero-order valence-electron chi connectivity index (χ0n) is 16.2. The number of anilines is 1. The maximum atomic E-state index is 12.8. The molecular weight excluding hydrogens is 437 g/mol. The van der Waals surface area contributed by atoms with Crippen molar-refractivity contribution in [1.29, 1.82) is 0 Å². The van der Waals surface area contributed by atoms with Gasteiger partial charge in [0.05, 0.1) is 15.4 Å². The second-order valence-electron chi connectivity index (χ2n) is 6.81. The first-order chi connectivity index (χ1) is 14.7. The largest absolute Gasteiger partial charge is 0.416 e. The fraction of sp³-hybridized carbons (Fsp3) is 0.368. The van der Waals surface area contributed by atoms with Crippen molar-refractivity contribution in [3.8, 4) is 0 Å². The van der Waals surface area contributed by atoms with Gasteiger partial charge in [0.25, 0.3) is 11.6 Å². The van der Waals surface area contributed by atoms with Gasteiger partial charge in [-0.3, -0.25) is 19.7 Å². The number of nitro benzene ring substituents is 1. The van der Waals surface area contributed by atoms with Gasteiger partial charge in [0, 0.05) is 45.2 Å². The SMILES string of the molecule is O=C(CCNc1ccc(C(F)(F)F)cc1[N+](=O)[O-])N1CCN(C(=O)c2cccs2)CC1. The van der Waals surface area contributed by atoms with E-state index in [0.29, 0.717) is 37.1 Å². The molecule has 2 amide bonds. The molecule has 8 nitrogen and oxygen atoms in total. The number of thiophene rings is 1. The maximum absolute atomic E-state index is 12.8. The first kappa shape index (κ1) is 22.5. The highest BCUT2D eigenvalue weighted by Crippen LogP contribution is 2.34. The zero-order valence-corrected chi connectivity index (χ0v) is 17.0. The molecule has 0 atom stereocenters. The Morgan fingerprint density at radius 3 is 2.39 bits per heavy atom. The van der Waals surface area contributed by atoms with Gasteiger partial charge in [0.2, 0.25) is 5.91 Å². The molecule has 31 heavy (non-hydrogen) atoms. The van der Waals surface area contributed by atoms with Crippen LogP contribution in [0, 0.1) is 10.1 Å². The highest BCUT2D eigenvalue weighted by atomic mass is 32.1. The van der Waals surface area contributed by atoms with Crippen LogP contribution in [0.15, 0.2) is 35.7 Å². The fourth-order valence-electron chi connectivity index (χ4n) is 3.19. The number of carbonyl (C=O) groups is 2. The van der Waals surface area contributed by atoms with Gasteiger partial charge in [-0.15, -0.1) is 11.3 Å². The molecule has 1 N–H and O–H groups in total. The lowest BCUT2D eigenvalue weighted by atomic mass is 10.1. The van der Waals surface area contributed by atoms with Gasteiger partial charge in [-0.1, -0.05) is 6.07 Å². The van der Waals surface area contributed by atoms with Crippen LogP contribution < -0.4 is 5.32 Å². The summed E-state index contributed by atoms with van der Waals surface area (Å²) in [6.45, 7) is 1.58. The van der Waals surface area contributed by atoms with E-state index in [1.807, 2.05) is 5.38 Å². The van der Waals surface area contributed by atoms with Gasteiger partial charge in [0.15, 0.2) is 0 Å². The number of halogens is 3. The third kappa shape index (κ3) is 5.51. The number of alkyl halides is 3. The smallest absolute Gasteiger partial charge is 0.379 e. The molecule has 1 fully saturated rings. The molecule has 0 saturated carbocycles. The van der Waals surface area contributed by atoms with Crippen molar-refractivity contribution in [2.45, 2.75) is 12.6 Å². The lowest BCUT2D eigenvalue weighted by Gasteiger charge is -2.34. The third-order valence-electron chi connectivity index (χ3n) is 4.83. The molecule has 1 aliphatic rings. The predicted molar refractivity (Wildman–Crippen MR) is 108 cm³/mol. The summed E-state index contributed by atoms with van der Waals surface area (Å²) in [7, 11) is 0. The predicted octanol–water partition coefficient (Wildman–Crippen LogP) is 3.46. The van der Waals surface area contributed by atoms with E-state index in [-0.39, 0.29) is 30.5 Å². The van der Waals surface area contributed by atoms with Crippen LogP contribution in [-0.2, 0) is 11.0 Å². The third-order valence-corrected chi connectivity index (χ3v) is 5.69. The van der Waals surface area contributed by atoms with Crippen LogP contribution in [0.2, 0.25) is 0 Å². The summed E-state index contributed by atoms with van der Waals surface area (Å²) in [5, 5.41) is 15.6. The summed E-state index contributed by atoms with van der Waals surface area (Å²) in [5.74, 6) is -0.274. The lowest BCUT2D eigenvalue weighted by Crippen LogP contribution is -2.50. The van der Waals surface area contributed by atoms with E-state index in [9.17, 15) is 32.9 Å². The molecule has 1 aromatic carbocycles. The van der Waals surface area contributed by atoms with E-state index in [4.69, 9.17) is 0 Å². The molecule has 3 rings (SSSR count). The molecule has 0 bridgehead atoms. The molecule has 0 aliphatic carbocycles. The molecule has 166 valence electrons. The number of piperazine rings is 1. The van der Waals surface area contributed by atoms with Gasteiger partial charge in [0.1, 0.15) is 5.69 Å². The van der Waals surface area contributed by atoms with Crippen LogP contribution in [0.3, 0.4) is 0 Å². The summed E-state index contributed by atoms with van der Waals surface area (Å²) in [6, 6.07) is 5.75. The Bertz CT molecular complexity index is 958. The van der Waals surface area contributed by atoms with E-state index in [1.165, 1.54) is 11.3 Å². The standard InChI is InChI=1S/C19H19F3N4O4S/c20-19(21,22)13-3-4-14(15(12-13)26(29)30)23-6-5-17(27)24-7-9-25(10-8-24)18(28)16-2-1-11-31-16/h1-4,11-12,23H,5-10H2. The number of nitrogens with one attached hydrogen (secondary N) is 1. The average Bonchev–Trinajstić information content (AvgIpc) is 3.27. The Morgan fingerprint density at radius 2 is 1.81 bits per heavy atom. The number of nitro groups is 1. The average molecular weight is 456 g/mol. The molecule has 0 unspecified atom stereocenters. The van der Waals surface area contributed by atoms with Gasteiger partial charge < -0.3 is 15.1 Å². The number of benzene rings is 1. The molecule has 1 aliphatic heterocycles. The van der Waals surface area contributed by atoms with Crippen LogP contribution in [0.25, 0.3) is 0 Å². The van der Waals surface area contributed by atoms with E-state index in [1.54, 1.807) is 21.9 Å². The Kier molecular flexibility index (Phi) is 6.78. The van der Waals surface area contributed by atoms with Crippen LogP contribution in [0.4, 0.5) is 24.5 Å². The van der Waals surface area contributed by atoms with Crippen LogP contribution in [0.5, 0.6) is 0 Å². The van der Waals surface area contributed by atoms with E-state index in [2.05, 4.69) is 5.32 Å². The number of amides is 2. The summed E-state index contributed by atoms with van der Waals surface area (Å²) in [6.07, 6.45) is -4.68. The summed E-state index contributed by atoms with van der Waals surface area (Å²) < 4.78 is 38.3. The zero-order chi connectivity index (χ0) is 22.6. The minimum Gasteiger partial charge on any atom is -0.379 e. The normalized spacial score (nSPS) is 14.4. The first-order valence-electron chi connectivity index (χ1n) is 9.37. The molecule has 0 spiro atoms. The van der Waals surface area contributed by atoms with Crippen molar-refractivity contribution in [2.75, 3.05) is 38.0 Å². The van der Waals surface area contributed by atoms with E-state index >= 15 is 0 Å². The fourth-order valence-corrected chi connectivity index (χ4v) is 3.88. The van der Waals surface area contributed by atoms with Crippen molar-refractivity contribution in [3.05, 3.63) is 56.3 Å².